The maximum atomic E-state index is 13.4. The summed E-state index contributed by atoms with van der Waals surface area (Å²) in [5, 5.41) is 11.8. The van der Waals surface area contributed by atoms with Crippen LogP contribution in [0.1, 0.15) is 31.0 Å². The van der Waals surface area contributed by atoms with Gasteiger partial charge in [0.15, 0.2) is 5.13 Å². The van der Waals surface area contributed by atoms with Gasteiger partial charge in [-0.15, -0.1) is 11.3 Å². The third-order valence-corrected chi connectivity index (χ3v) is 9.57. The van der Waals surface area contributed by atoms with E-state index in [1.165, 1.54) is 27.8 Å². The van der Waals surface area contributed by atoms with Crippen LogP contribution < -0.4 is 4.90 Å². The van der Waals surface area contributed by atoms with Gasteiger partial charge in [0, 0.05) is 43.9 Å². The van der Waals surface area contributed by atoms with Crippen LogP contribution in [0.4, 0.5) is 15.3 Å². The summed E-state index contributed by atoms with van der Waals surface area (Å²) in [7, 11) is -1.40. The molecule has 0 fully saturated rings. The van der Waals surface area contributed by atoms with Gasteiger partial charge >= 0.3 is 0 Å². The average Bonchev–Trinajstić information content (AvgIpc) is 3.57. The summed E-state index contributed by atoms with van der Waals surface area (Å²) in [4.78, 5) is 11.7. The highest BCUT2D eigenvalue weighted by molar-refractivity contribution is 7.89. The number of sulfonamides is 1. The number of aliphatic hydroxyl groups excluding tert-OH is 1. The summed E-state index contributed by atoms with van der Waals surface area (Å²) in [6.07, 6.45) is 5.63. The van der Waals surface area contributed by atoms with Crippen molar-refractivity contribution in [2.75, 3.05) is 37.4 Å². The highest BCUT2D eigenvalue weighted by Crippen LogP contribution is 2.34. The second-order valence-corrected chi connectivity index (χ2v) is 12.1. The lowest BCUT2D eigenvalue weighted by Crippen LogP contribution is -2.36. The van der Waals surface area contributed by atoms with E-state index in [2.05, 4.69) is 17.5 Å². The minimum Gasteiger partial charge on any atom is -0.396 e. The maximum Gasteiger partial charge on any atom is 0.214 e. The molecule has 0 atom stereocenters. The molecule has 200 valence electrons. The Balaban J connectivity index is 1.44. The first-order valence-corrected chi connectivity index (χ1v) is 15.0. The van der Waals surface area contributed by atoms with Crippen LogP contribution in [0.5, 0.6) is 0 Å². The predicted molar refractivity (Wildman–Crippen MR) is 150 cm³/mol. The van der Waals surface area contributed by atoms with Crippen LogP contribution in [0.25, 0.3) is 22.5 Å². The number of thiazole rings is 1. The van der Waals surface area contributed by atoms with Gasteiger partial charge in [0.2, 0.25) is 10.0 Å². The molecule has 0 bridgehead atoms. The highest BCUT2D eigenvalue weighted by atomic mass is 32.2. The van der Waals surface area contributed by atoms with Crippen LogP contribution in [0.3, 0.4) is 0 Å². The Morgan fingerprint density at radius 2 is 1.89 bits per heavy atom. The third-order valence-electron chi connectivity index (χ3n) is 6.73. The SMILES string of the molecule is CCc1nc2ccc(C3=CCN(S(=O)(=O)CCCO)CC3)cn2c1N(C)c1nc(-c2ccc(F)cc2)cs1. The van der Waals surface area contributed by atoms with Gasteiger partial charge in [-0.2, -0.15) is 4.31 Å². The van der Waals surface area contributed by atoms with Crippen molar-refractivity contribution in [3.63, 3.8) is 0 Å². The molecule has 0 unspecified atom stereocenters. The van der Waals surface area contributed by atoms with Crippen molar-refractivity contribution >= 4 is 43.5 Å². The van der Waals surface area contributed by atoms with E-state index in [-0.39, 0.29) is 24.6 Å². The Morgan fingerprint density at radius 1 is 1.13 bits per heavy atom. The van der Waals surface area contributed by atoms with Gasteiger partial charge in [-0.25, -0.2) is 22.8 Å². The van der Waals surface area contributed by atoms with E-state index in [1.54, 1.807) is 12.1 Å². The van der Waals surface area contributed by atoms with Crippen molar-refractivity contribution in [2.24, 2.45) is 0 Å². The number of aryl methyl sites for hydroxylation is 1. The molecular formula is C27H30FN5O3S2. The summed E-state index contributed by atoms with van der Waals surface area (Å²) in [5.74, 6) is 0.608. The van der Waals surface area contributed by atoms with E-state index < -0.39 is 10.0 Å². The second kappa shape index (κ2) is 10.9. The number of pyridine rings is 1. The molecule has 1 aliphatic heterocycles. The molecular weight excluding hydrogens is 525 g/mol. The average molecular weight is 556 g/mol. The van der Waals surface area contributed by atoms with Gasteiger partial charge in [-0.3, -0.25) is 4.40 Å². The van der Waals surface area contributed by atoms with Crippen LogP contribution in [0.15, 0.2) is 54.1 Å². The van der Waals surface area contributed by atoms with Crippen molar-refractivity contribution in [2.45, 2.75) is 26.2 Å². The zero-order valence-corrected chi connectivity index (χ0v) is 23.0. The lowest BCUT2D eigenvalue weighted by atomic mass is 10.0. The molecule has 0 spiro atoms. The first-order chi connectivity index (χ1) is 18.3. The van der Waals surface area contributed by atoms with Gasteiger partial charge in [-0.05, 0) is 66.8 Å². The van der Waals surface area contributed by atoms with Crippen LogP contribution >= 0.6 is 11.3 Å². The van der Waals surface area contributed by atoms with Crippen LogP contribution in [-0.2, 0) is 16.4 Å². The molecule has 4 aromatic rings. The molecule has 1 aliphatic rings. The lowest BCUT2D eigenvalue weighted by molar-refractivity contribution is 0.294. The summed E-state index contributed by atoms with van der Waals surface area (Å²) in [6.45, 7) is 2.68. The van der Waals surface area contributed by atoms with E-state index in [9.17, 15) is 12.8 Å². The Morgan fingerprint density at radius 3 is 2.58 bits per heavy atom. The fourth-order valence-corrected chi connectivity index (χ4v) is 6.89. The fraction of sp³-hybridized carbons (Fsp3) is 0.333. The number of rotatable bonds is 9. The topological polar surface area (TPSA) is 91.0 Å². The van der Waals surface area contributed by atoms with Gasteiger partial charge < -0.3 is 10.0 Å². The number of anilines is 2. The number of benzene rings is 1. The molecule has 0 amide bonds. The molecule has 0 saturated heterocycles. The van der Waals surface area contributed by atoms with Gasteiger partial charge in [0.25, 0.3) is 0 Å². The first-order valence-electron chi connectivity index (χ1n) is 12.5. The van der Waals surface area contributed by atoms with E-state index in [0.717, 1.165) is 51.1 Å². The number of fused-ring (bicyclic) bond motifs is 1. The second-order valence-electron chi connectivity index (χ2n) is 9.19. The molecule has 1 aromatic carbocycles. The van der Waals surface area contributed by atoms with Crippen molar-refractivity contribution < 1.29 is 17.9 Å². The molecule has 0 saturated carbocycles. The zero-order chi connectivity index (χ0) is 26.9. The van der Waals surface area contributed by atoms with E-state index >= 15 is 0 Å². The Kier molecular flexibility index (Phi) is 7.62. The Hall–Kier alpha value is -3.12. The molecule has 0 radical (unpaired) electrons. The zero-order valence-electron chi connectivity index (χ0n) is 21.3. The van der Waals surface area contributed by atoms with Crippen LogP contribution in [-0.4, -0.2) is 64.7 Å². The molecule has 0 aliphatic carbocycles. The minimum absolute atomic E-state index is 0.0389. The molecule has 11 heteroatoms. The van der Waals surface area contributed by atoms with Crippen LogP contribution in [0.2, 0.25) is 0 Å². The minimum atomic E-state index is -3.37. The summed E-state index contributed by atoms with van der Waals surface area (Å²) in [6, 6.07) is 10.3. The number of aromatic nitrogens is 3. The molecule has 3 aromatic heterocycles. The van der Waals surface area contributed by atoms with E-state index in [1.807, 2.05) is 35.5 Å². The summed E-state index contributed by atoms with van der Waals surface area (Å²) in [5.41, 5.74) is 5.53. The normalized spacial score (nSPS) is 14.7. The number of aliphatic hydroxyl groups is 1. The van der Waals surface area contributed by atoms with Crippen LogP contribution in [0, 0.1) is 5.82 Å². The molecule has 8 nitrogen and oxygen atoms in total. The van der Waals surface area contributed by atoms with Crippen molar-refractivity contribution in [1.29, 1.82) is 0 Å². The molecule has 1 N–H and O–H groups in total. The van der Waals surface area contributed by atoms with E-state index in [0.29, 0.717) is 19.5 Å². The Bertz CT molecular complexity index is 1580. The summed E-state index contributed by atoms with van der Waals surface area (Å²) < 4.78 is 41.9. The number of imidazole rings is 1. The van der Waals surface area contributed by atoms with E-state index in [4.69, 9.17) is 15.1 Å². The maximum absolute atomic E-state index is 13.4. The van der Waals surface area contributed by atoms with Gasteiger partial charge in [-0.1, -0.05) is 13.0 Å². The molecule has 38 heavy (non-hydrogen) atoms. The quantitative estimate of drug-likeness (QED) is 0.321. The molecule has 4 heterocycles. The lowest BCUT2D eigenvalue weighted by Gasteiger charge is -2.26. The highest BCUT2D eigenvalue weighted by Gasteiger charge is 2.25. The largest absolute Gasteiger partial charge is 0.396 e. The number of hydrogen-bond acceptors (Lipinski definition) is 7. The van der Waals surface area contributed by atoms with Gasteiger partial charge in [0.05, 0.1) is 17.1 Å². The number of halogens is 1. The monoisotopic (exact) mass is 555 g/mol. The van der Waals surface area contributed by atoms with Crippen molar-refractivity contribution in [3.05, 3.63) is 71.1 Å². The van der Waals surface area contributed by atoms with Crippen molar-refractivity contribution in [3.8, 4) is 11.3 Å². The summed E-state index contributed by atoms with van der Waals surface area (Å²) >= 11 is 1.51. The fourth-order valence-electron chi connectivity index (χ4n) is 4.67. The number of nitrogens with zero attached hydrogens (tertiary/aromatic N) is 5. The number of hydrogen-bond donors (Lipinski definition) is 1. The first kappa shape index (κ1) is 26.5. The standard InChI is InChI=1S/C27H30FN5O3S2/c1-3-23-26(31(2)27-30-24(18-37-27)20-5-8-22(28)9-6-20)33-17-21(7-10-25(33)29-23)19-11-13-32(14-12-19)38(35,36)16-4-15-34/h5-11,17-18,34H,3-4,12-16H2,1-2H3. The predicted octanol–water partition coefficient (Wildman–Crippen LogP) is 4.73. The Labute approximate surface area is 225 Å². The van der Waals surface area contributed by atoms with Gasteiger partial charge in [0.1, 0.15) is 17.3 Å². The molecule has 5 rings (SSSR count). The third kappa shape index (κ3) is 5.24. The smallest absolute Gasteiger partial charge is 0.214 e. The van der Waals surface area contributed by atoms with Crippen molar-refractivity contribution in [1.82, 2.24) is 18.7 Å².